The maximum Gasteiger partial charge on any atom is 0.295 e. The summed E-state index contributed by atoms with van der Waals surface area (Å²) < 4.78 is 1.88. The molecule has 0 aliphatic heterocycles. The summed E-state index contributed by atoms with van der Waals surface area (Å²) in [5.74, 6) is 0.748. The second kappa shape index (κ2) is 5.47. The van der Waals surface area contributed by atoms with Crippen molar-refractivity contribution in [2.24, 2.45) is 0 Å². The van der Waals surface area contributed by atoms with Crippen LogP contribution in [-0.4, -0.2) is 19.7 Å². The predicted molar refractivity (Wildman–Crippen MR) is 70.9 cm³/mol. The SMILES string of the molecule is CCn1cnnc1CNc1cccc(C)c1[N+](=O)[O-]. The zero-order valence-electron chi connectivity index (χ0n) is 10.8. The van der Waals surface area contributed by atoms with Crippen LogP contribution in [0.15, 0.2) is 24.5 Å². The fraction of sp³-hybridized carbons (Fsp3) is 0.333. The van der Waals surface area contributed by atoms with Crippen molar-refractivity contribution in [1.82, 2.24) is 14.8 Å². The van der Waals surface area contributed by atoms with Gasteiger partial charge in [0, 0.05) is 12.1 Å². The Morgan fingerprint density at radius 2 is 2.26 bits per heavy atom. The molecular formula is C12H15N5O2. The average Bonchev–Trinajstić information content (AvgIpc) is 2.83. The molecule has 0 bridgehead atoms. The molecule has 1 heterocycles. The minimum absolute atomic E-state index is 0.102. The van der Waals surface area contributed by atoms with Gasteiger partial charge in [0.15, 0.2) is 5.82 Å². The van der Waals surface area contributed by atoms with Crippen LogP contribution >= 0.6 is 0 Å². The number of nitrogens with zero attached hydrogens (tertiary/aromatic N) is 4. The van der Waals surface area contributed by atoms with Gasteiger partial charge in [-0.05, 0) is 19.9 Å². The minimum atomic E-state index is -0.373. The number of nitro benzene ring substituents is 1. The van der Waals surface area contributed by atoms with E-state index >= 15 is 0 Å². The molecule has 2 rings (SSSR count). The molecule has 0 aliphatic carbocycles. The van der Waals surface area contributed by atoms with Gasteiger partial charge in [0.05, 0.1) is 11.5 Å². The van der Waals surface area contributed by atoms with Crippen LogP contribution in [0.1, 0.15) is 18.3 Å². The summed E-state index contributed by atoms with van der Waals surface area (Å²) in [6.45, 7) is 4.87. The molecule has 7 heteroatoms. The van der Waals surface area contributed by atoms with Crippen molar-refractivity contribution in [3.8, 4) is 0 Å². The van der Waals surface area contributed by atoms with Crippen LogP contribution in [0.25, 0.3) is 0 Å². The maximum atomic E-state index is 11.1. The lowest BCUT2D eigenvalue weighted by Gasteiger charge is -2.08. The van der Waals surface area contributed by atoms with E-state index in [4.69, 9.17) is 0 Å². The van der Waals surface area contributed by atoms with E-state index in [1.54, 1.807) is 31.5 Å². The van der Waals surface area contributed by atoms with Gasteiger partial charge in [0.2, 0.25) is 0 Å². The molecule has 0 aliphatic rings. The lowest BCUT2D eigenvalue weighted by molar-refractivity contribution is -0.384. The number of para-hydroxylation sites is 1. The van der Waals surface area contributed by atoms with Gasteiger partial charge in [0.1, 0.15) is 12.0 Å². The summed E-state index contributed by atoms with van der Waals surface area (Å²) in [6.07, 6.45) is 1.64. The van der Waals surface area contributed by atoms with Gasteiger partial charge in [-0.1, -0.05) is 12.1 Å². The first-order valence-corrected chi connectivity index (χ1v) is 5.98. The van der Waals surface area contributed by atoms with E-state index < -0.39 is 0 Å². The molecule has 0 unspecified atom stereocenters. The second-order valence-electron chi connectivity index (χ2n) is 4.11. The molecule has 0 radical (unpaired) electrons. The third kappa shape index (κ3) is 2.70. The molecule has 0 atom stereocenters. The van der Waals surface area contributed by atoms with Crippen LogP contribution in [0.2, 0.25) is 0 Å². The topological polar surface area (TPSA) is 85.9 Å². The summed E-state index contributed by atoms with van der Waals surface area (Å²) in [5.41, 5.74) is 1.23. The van der Waals surface area contributed by atoms with Crippen LogP contribution in [0.5, 0.6) is 0 Å². The first-order valence-electron chi connectivity index (χ1n) is 5.98. The van der Waals surface area contributed by atoms with Crippen molar-refractivity contribution < 1.29 is 4.92 Å². The van der Waals surface area contributed by atoms with Crippen LogP contribution in [0.3, 0.4) is 0 Å². The van der Waals surface area contributed by atoms with Gasteiger partial charge in [-0.15, -0.1) is 10.2 Å². The molecule has 0 amide bonds. The normalized spacial score (nSPS) is 10.4. The Kier molecular flexibility index (Phi) is 3.74. The summed E-state index contributed by atoms with van der Waals surface area (Å²) in [5, 5.41) is 21.9. The Balaban J connectivity index is 2.20. The predicted octanol–water partition coefficient (Wildman–Crippen LogP) is 2.13. The zero-order valence-corrected chi connectivity index (χ0v) is 10.8. The highest BCUT2D eigenvalue weighted by atomic mass is 16.6. The fourth-order valence-corrected chi connectivity index (χ4v) is 1.90. The molecule has 7 nitrogen and oxygen atoms in total. The van der Waals surface area contributed by atoms with Crippen molar-refractivity contribution in [2.45, 2.75) is 26.9 Å². The van der Waals surface area contributed by atoms with Crippen LogP contribution in [0, 0.1) is 17.0 Å². The van der Waals surface area contributed by atoms with E-state index in [-0.39, 0.29) is 10.6 Å². The number of aromatic nitrogens is 3. The number of hydrogen-bond acceptors (Lipinski definition) is 5. The molecular weight excluding hydrogens is 246 g/mol. The minimum Gasteiger partial charge on any atom is -0.372 e. The molecule has 0 saturated heterocycles. The van der Waals surface area contributed by atoms with E-state index in [9.17, 15) is 10.1 Å². The quantitative estimate of drug-likeness (QED) is 0.658. The zero-order chi connectivity index (χ0) is 13.8. The van der Waals surface area contributed by atoms with Crippen molar-refractivity contribution in [2.75, 3.05) is 5.32 Å². The number of benzene rings is 1. The molecule has 0 fully saturated rings. The number of hydrogen-bond donors (Lipinski definition) is 1. The molecule has 1 aromatic carbocycles. The molecule has 19 heavy (non-hydrogen) atoms. The van der Waals surface area contributed by atoms with Crippen LogP contribution in [-0.2, 0) is 13.1 Å². The van der Waals surface area contributed by atoms with Gasteiger partial charge in [0.25, 0.3) is 5.69 Å². The maximum absolute atomic E-state index is 11.1. The smallest absolute Gasteiger partial charge is 0.295 e. The summed E-state index contributed by atoms with van der Waals surface area (Å²) in [6, 6.07) is 5.20. The van der Waals surface area contributed by atoms with Gasteiger partial charge in [-0.25, -0.2) is 0 Å². The molecule has 1 N–H and O–H groups in total. The Labute approximate surface area is 110 Å². The lowest BCUT2D eigenvalue weighted by Crippen LogP contribution is -2.09. The molecule has 100 valence electrons. The third-order valence-electron chi connectivity index (χ3n) is 2.89. The lowest BCUT2D eigenvalue weighted by atomic mass is 10.1. The Morgan fingerprint density at radius 1 is 1.47 bits per heavy atom. The van der Waals surface area contributed by atoms with Crippen LogP contribution in [0.4, 0.5) is 11.4 Å². The van der Waals surface area contributed by atoms with Gasteiger partial charge >= 0.3 is 0 Å². The number of rotatable bonds is 5. The van der Waals surface area contributed by atoms with Crippen molar-refractivity contribution in [3.05, 3.63) is 46.0 Å². The first kappa shape index (κ1) is 13.0. The summed E-state index contributed by atoms with van der Waals surface area (Å²) in [4.78, 5) is 10.7. The third-order valence-corrected chi connectivity index (χ3v) is 2.89. The highest BCUT2D eigenvalue weighted by Crippen LogP contribution is 2.28. The monoisotopic (exact) mass is 261 g/mol. The number of nitrogens with one attached hydrogen (secondary N) is 1. The van der Waals surface area contributed by atoms with Gasteiger partial charge in [-0.2, -0.15) is 0 Å². The Morgan fingerprint density at radius 3 is 2.95 bits per heavy atom. The van der Waals surface area contributed by atoms with E-state index in [2.05, 4.69) is 15.5 Å². The van der Waals surface area contributed by atoms with E-state index in [1.165, 1.54) is 0 Å². The molecule has 0 saturated carbocycles. The van der Waals surface area contributed by atoms with E-state index in [0.717, 1.165) is 12.4 Å². The number of aryl methyl sites for hydroxylation is 2. The van der Waals surface area contributed by atoms with E-state index in [1.807, 2.05) is 11.5 Å². The Bertz CT molecular complexity index is 594. The standard InChI is InChI=1S/C12H15N5O2/c1-3-16-8-14-15-11(16)7-13-10-6-4-5-9(2)12(10)17(18)19/h4-6,8,13H,3,7H2,1-2H3. The summed E-state index contributed by atoms with van der Waals surface area (Å²) in [7, 11) is 0. The second-order valence-corrected chi connectivity index (χ2v) is 4.11. The van der Waals surface area contributed by atoms with Crippen molar-refractivity contribution in [1.29, 1.82) is 0 Å². The number of nitro groups is 1. The van der Waals surface area contributed by atoms with E-state index in [0.29, 0.717) is 17.8 Å². The van der Waals surface area contributed by atoms with Gasteiger partial charge < -0.3 is 9.88 Å². The highest BCUT2D eigenvalue weighted by Gasteiger charge is 2.16. The molecule has 1 aromatic heterocycles. The van der Waals surface area contributed by atoms with Gasteiger partial charge in [-0.3, -0.25) is 10.1 Å². The highest BCUT2D eigenvalue weighted by molar-refractivity contribution is 5.64. The first-order chi connectivity index (χ1) is 9.13. The Hall–Kier alpha value is -2.44. The average molecular weight is 261 g/mol. The van der Waals surface area contributed by atoms with Crippen molar-refractivity contribution in [3.63, 3.8) is 0 Å². The fourth-order valence-electron chi connectivity index (χ4n) is 1.90. The molecule has 0 spiro atoms. The van der Waals surface area contributed by atoms with Crippen LogP contribution < -0.4 is 5.32 Å². The largest absolute Gasteiger partial charge is 0.372 e. The summed E-state index contributed by atoms with van der Waals surface area (Å²) >= 11 is 0. The molecule has 2 aromatic rings. The van der Waals surface area contributed by atoms with Crippen molar-refractivity contribution >= 4 is 11.4 Å². The number of anilines is 1.